The monoisotopic (exact) mass is 497 g/mol. The van der Waals surface area contributed by atoms with E-state index in [0.717, 1.165) is 11.3 Å². The number of carboxylic acids is 1. The average Bonchev–Trinajstić information content (AvgIpc) is 3.15. The Labute approximate surface area is 204 Å². The summed E-state index contributed by atoms with van der Waals surface area (Å²) in [7, 11) is 0. The molecular formula is C24H20ClN3O5S. The van der Waals surface area contributed by atoms with Gasteiger partial charge in [-0.25, -0.2) is 4.79 Å². The summed E-state index contributed by atoms with van der Waals surface area (Å²) in [6.07, 6.45) is 0.340. The lowest BCUT2D eigenvalue weighted by atomic mass is 10.0. The summed E-state index contributed by atoms with van der Waals surface area (Å²) in [6.45, 7) is 1.93. The fourth-order valence-corrected chi connectivity index (χ4v) is 5.29. The van der Waals surface area contributed by atoms with Gasteiger partial charge in [0.1, 0.15) is 5.00 Å². The van der Waals surface area contributed by atoms with Crippen molar-refractivity contribution in [3.05, 3.63) is 80.7 Å². The van der Waals surface area contributed by atoms with E-state index in [0.29, 0.717) is 34.7 Å². The number of rotatable bonds is 5. The van der Waals surface area contributed by atoms with Crippen LogP contribution in [0.3, 0.4) is 0 Å². The molecule has 1 aliphatic rings. The van der Waals surface area contributed by atoms with Gasteiger partial charge in [-0.05, 0) is 42.3 Å². The minimum absolute atomic E-state index is 0.0418. The lowest BCUT2D eigenvalue weighted by molar-refractivity contribution is -0.114. The van der Waals surface area contributed by atoms with Crippen LogP contribution in [-0.4, -0.2) is 40.2 Å². The zero-order valence-corrected chi connectivity index (χ0v) is 19.6. The number of thiophene rings is 1. The number of halogens is 1. The highest BCUT2D eigenvalue weighted by Gasteiger charge is 2.31. The number of benzene rings is 2. The lowest BCUT2D eigenvalue weighted by Crippen LogP contribution is -2.35. The summed E-state index contributed by atoms with van der Waals surface area (Å²) in [5, 5.41) is 15.6. The van der Waals surface area contributed by atoms with Gasteiger partial charge in [0.25, 0.3) is 11.8 Å². The zero-order chi connectivity index (χ0) is 24.4. The molecule has 0 fully saturated rings. The summed E-state index contributed by atoms with van der Waals surface area (Å²) in [5.41, 5.74) is 1.83. The summed E-state index contributed by atoms with van der Waals surface area (Å²) >= 11 is 7.24. The molecule has 34 heavy (non-hydrogen) atoms. The van der Waals surface area contributed by atoms with E-state index in [1.54, 1.807) is 53.4 Å². The molecule has 3 amide bonds. The highest BCUT2D eigenvalue weighted by Crippen LogP contribution is 2.38. The van der Waals surface area contributed by atoms with Gasteiger partial charge in [0.05, 0.1) is 22.7 Å². The minimum atomic E-state index is -1.14. The zero-order valence-electron chi connectivity index (χ0n) is 18.1. The second-order valence-corrected chi connectivity index (χ2v) is 9.20. The van der Waals surface area contributed by atoms with Crippen molar-refractivity contribution in [2.45, 2.75) is 19.9 Å². The van der Waals surface area contributed by atoms with Crippen molar-refractivity contribution >= 4 is 57.3 Å². The van der Waals surface area contributed by atoms with Crippen LogP contribution >= 0.6 is 22.9 Å². The molecule has 0 spiro atoms. The summed E-state index contributed by atoms with van der Waals surface area (Å²) < 4.78 is 0. The van der Waals surface area contributed by atoms with Gasteiger partial charge in [0.15, 0.2) is 0 Å². The Morgan fingerprint density at radius 1 is 1.06 bits per heavy atom. The van der Waals surface area contributed by atoms with E-state index in [4.69, 9.17) is 11.6 Å². The molecule has 2 heterocycles. The topological polar surface area (TPSA) is 116 Å². The maximum atomic E-state index is 13.1. The minimum Gasteiger partial charge on any atom is -0.478 e. The second-order valence-electron chi connectivity index (χ2n) is 7.69. The van der Waals surface area contributed by atoms with Crippen LogP contribution in [0.25, 0.3) is 0 Å². The fourth-order valence-electron chi connectivity index (χ4n) is 3.82. The predicted octanol–water partition coefficient (Wildman–Crippen LogP) is 4.51. The normalized spacial score (nSPS) is 12.6. The third-order valence-electron chi connectivity index (χ3n) is 5.33. The number of hydrogen-bond acceptors (Lipinski definition) is 5. The van der Waals surface area contributed by atoms with Crippen molar-refractivity contribution in [3.63, 3.8) is 0 Å². The first-order valence-electron chi connectivity index (χ1n) is 10.3. The van der Waals surface area contributed by atoms with Gasteiger partial charge in [-0.2, -0.15) is 0 Å². The molecular weight excluding hydrogens is 478 g/mol. The largest absolute Gasteiger partial charge is 0.478 e. The predicted molar refractivity (Wildman–Crippen MR) is 130 cm³/mol. The average molecular weight is 498 g/mol. The molecule has 1 aromatic heterocycles. The lowest BCUT2D eigenvalue weighted by Gasteiger charge is -2.27. The number of nitrogens with one attached hydrogen (secondary N) is 2. The number of amides is 3. The Morgan fingerprint density at radius 3 is 2.53 bits per heavy atom. The fraction of sp³-hybridized carbons (Fsp3) is 0.167. The second kappa shape index (κ2) is 9.66. The molecule has 3 N–H and O–H groups in total. The number of hydrogen-bond donors (Lipinski definition) is 3. The van der Waals surface area contributed by atoms with E-state index in [1.807, 2.05) is 0 Å². The smallest absolute Gasteiger partial charge is 0.339 e. The SMILES string of the molecule is CC(=O)Nc1cccc(C(=O)N2CCc3c(sc(NC(=O)c4ccccc4Cl)c3C(=O)O)C2)c1. The van der Waals surface area contributed by atoms with E-state index in [-0.39, 0.29) is 39.5 Å². The number of carbonyl (C=O) groups is 4. The van der Waals surface area contributed by atoms with Gasteiger partial charge in [-0.1, -0.05) is 29.8 Å². The number of aromatic carboxylic acids is 1. The molecule has 10 heteroatoms. The molecule has 0 unspecified atom stereocenters. The van der Waals surface area contributed by atoms with Gasteiger partial charge < -0.3 is 20.6 Å². The van der Waals surface area contributed by atoms with Crippen LogP contribution in [-0.2, 0) is 17.8 Å². The molecule has 0 atom stereocenters. The number of fused-ring (bicyclic) bond motifs is 1. The maximum absolute atomic E-state index is 13.1. The molecule has 2 aromatic carbocycles. The van der Waals surface area contributed by atoms with Gasteiger partial charge in [0, 0.05) is 29.6 Å². The van der Waals surface area contributed by atoms with Gasteiger partial charge in [-0.15, -0.1) is 11.3 Å². The molecule has 0 saturated carbocycles. The van der Waals surface area contributed by atoms with Crippen molar-refractivity contribution in [2.75, 3.05) is 17.2 Å². The van der Waals surface area contributed by atoms with Crippen LogP contribution in [0.4, 0.5) is 10.7 Å². The first-order chi connectivity index (χ1) is 16.2. The third-order valence-corrected chi connectivity index (χ3v) is 6.80. The standard InChI is InChI=1S/C24H20ClN3O5S/c1-13(29)26-15-6-4-5-14(11-15)23(31)28-10-9-17-19(12-28)34-22(20(17)24(32)33)27-21(30)16-7-2-3-8-18(16)25/h2-8,11H,9-10,12H2,1H3,(H,26,29)(H,27,30)(H,32,33). The van der Waals surface area contributed by atoms with Crippen LogP contribution in [0.2, 0.25) is 5.02 Å². The van der Waals surface area contributed by atoms with Crippen molar-refractivity contribution in [3.8, 4) is 0 Å². The Hall–Kier alpha value is -3.69. The molecule has 1 aliphatic heterocycles. The van der Waals surface area contributed by atoms with E-state index in [2.05, 4.69) is 10.6 Å². The number of carbonyl (C=O) groups excluding carboxylic acids is 3. The maximum Gasteiger partial charge on any atom is 0.339 e. The van der Waals surface area contributed by atoms with Gasteiger partial charge in [-0.3, -0.25) is 14.4 Å². The quantitative estimate of drug-likeness (QED) is 0.479. The number of anilines is 2. The molecule has 8 nitrogen and oxygen atoms in total. The van der Waals surface area contributed by atoms with Crippen LogP contribution < -0.4 is 10.6 Å². The van der Waals surface area contributed by atoms with Gasteiger partial charge >= 0.3 is 5.97 Å². The Morgan fingerprint density at radius 2 is 1.82 bits per heavy atom. The summed E-state index contributed by atoms with van der Waals surface area (Å²) in [6, 6.07) is 13.1. The first kappa shape index (κ1) is 23.5. The van der Waals surface area contributed by atoms with Crippen molar-refractivity contribution in [1.29, 1.82) is 0 Å². The Kier molecular flexibility index (Phi) is 6.67. The van der Waals surface area contributed by atoms with Crippen LogP contribution in [0, 0.1) is 0 Å². The van der Waals surface area contributed by atoms with Crippen LogP contribution in [0.1, 0.15) is 48.4 Å². The number of nitrogens with zero attached hydrogens (tertiary/aromatic N) is 1. The molecule has 4 rings (SSSR count). The molecule has 0 bridgehead atoms. The van der Waals surface area contributed by atoms with Crippen LogP contribution in [0.15, 0.2) is 48.5 Å². The molecule has 3 aromatic rings. The van der Waals surface area contributed by atoms with Crippen LogP contribution in [0.5, 0.6) is 0 Å². The Bertz CT molecular complexity index is 1320. The highest BCUT2D eigenvalue weighted by atomic mass is 35.5. The van der Waals surface area contributed by atoms with Crippen molar-refractivity contribution in [2.24, 2.45) is 0 Å². The Balaban J connectivity index is 1.58. The summed E-state index contributed by atoms with van der Waals surface area (Å²) in [4.78, 5) is 51.5. The number of carboxylic acid groups (broad SMARTS) is 1. The first-order valence-corrected chi connectivity index (χ1v) is 11.5. The summed E-state index contributed by atoms with van der Waals surface area (Å²) in [5.74, 6) is -2.12. The molecule has 0 radical (unpaired) electrons. The molecule has 0 saturated heterocycles. The van der Waals surface area contributed by atoms with E-state index in [1.165, 1.54) is 6.92 Å². The van der Waals surface area contributed by atoms with Gasteiger partial charge in [0.2, 0.25) is 5.91 Å². The van der Waals surface area contributed by atoms with Crippen molar-refractivity contribution in [1.82, 2.24) is 4.90 Å². The van der Waals surface area contributed by atoms with E-state index in [9.17, 15) is 24.3 Å². The van der Waals surface area contributed by atoms with E-state index < -0.39 is 11.9 Å². The molecule has 0 aliphatic carbocycles. The molecule has 174 valence electrons. The highest BCUT2D eigenvalue weighted by molar-refractivity contribution is 7.17. The van der Waals surface area contributed by atoms with E-state index >= 15 is 0 Å². The third kappa shape index (κ3) is 4.80. The van der Waals surface area contributed by atoms with Crippen molar-refractivity contribution < 1.29 is 24.3 Å².